The SMILES string of the molecule is C=C(Cl)CC1(c2ccccc2)CN(C(=O)Nc2ccc(C(F)(F)F)cc2)N=C1c1ccc(Cl)cc1. The molecule has 3 aromatic carbocycles. The summed E-state index contributed by atoms with van der Waals surface area (Å²) < 4.78 is 38.6. The van der Waals surface area contributed by atoms with Gasteiger partial charge in [0, 0.05) is 15.7 Å². The molecule has 2 amide bonds. The zero-order valence-electron chi connectivity index (χ0n) is 18.3. The lowest BCUT2D eigenvalue weighted by molar-refractivity contribution is -0.137. The van der Waals surface area contributed by atoms with E-state index in [0.717, 1.165) is 23.3 Å². The summed E-state index contributed by atoms with van der Waals surface area (Å²) in [5.41, 5.74) is 0.852. The van der Waals surface area contributed by atoms with Gasteiger partial charge in [0.15, 0.2) is 0 Å². The molecule has 1 unspecified atom stereocenters. The van der Waals surface area contributed by atoms with Gasteiger partial charge in [0.05, 0.1) is 23.2 Å². The van der Waals surface area contributed by atoms with Crippen molar-refractivity contribution in [3.05, 3.63) is 112 Å². The van der Waals surface area contributed by atoms with Gasteiger partial charge in [0.25, 0.3) is 0 Å². The molecule has 0 saturated heterocycles. The van der Waals surface area contributed by atoms with Crippen LogP contribution in [0.5, 0.6) is 0 Å². The maximum atomic E-state index is 13.1. The molecule has 1 N–H and O–H groups in total. The molecule has 0 radical (unpaired) electrons. The van der Waals surface area contributed by atoms with E-state index in [0.29, 0.717) is 22.2 Å². The van der Waals surface area contributed by atoms with Crippen molar-refractivity contribution in [1.82, 2.24) is 5.01 Å². The van der Waals surface area contributed by atoms with Gasteiger partial charge in [-0.15, -0.1) is 0 Å². The predicted molar refractivity (Wildman–Crippen MR) is 133 cm³/mol. The quantitative estimate of drug-likeness (QED) is 0.370. The van der Waals surface area contributed by atoms with E-state index in [1.165, 1.54) is 17.1 Å². The molecule has 1 atom stereocenters. The molecule has 4 nitrogen and oxygen atoms in total. The van der Waals surface area contributed by atoms with Crippen LogP contribution in [0.25, 0.3) is 0 Å². The Morgan fingerprint density at radius 3 is 2.23 bits per heavy atom. The van der Waals surface area contributed by atoms with Crippen LogP contribution in [0.1, 0.15) is 23.1 Å². The summed E-state index contributed by atoms with van der Waals surface area (Å²) in [6.45, 7) is 4.02. The molecule has 0 fully saturated rings. The summed E-state index contributed by atoms with van der Waals surface area (Å²) in [5, 5.41) is 9.46. The fourth-order valence-electron chi connectivity index (χ4n) is 4.13. The molecule has 1 aliphatic rings. The molecule has 0 aromatic heterocycles. The van der Waals surface area contributed by atoms with Crippen LogP contribution in [0, 0.1) is 0 Å². The minimum atomic E-state index is -4.46. The van der Waals surface area contributed by atoms with Gasteiger partial charge in [-0.25, -0.2) is 9.80 Å². The first-order valence-electron chi connectivity index (χ1n) is 10.6. The highest BCUT2D eigenvalue weighted by molar-refractivity contribution is 6.31. The Morgan fingerprint density at radius 2 is 1.66 bits per heavy atom. The average molecular weight is 518 g/mol. The van der Waals surface area contributed by atoms with Crippen molar-refractivity contribution < 1.29 is 18.0 Å². The third-order valence-corrected chi connectivity index (χ3v) is 6.11. The molecule has 0 saturated carbocycles. The van der Waals surface area contributed by atoms with E-state index in [-0.39, 0.29) is 12.2 Å². The second-order valence-corrected chi connectivity index (χ2v) is 9.13. The Kier molecular flexibility index (Phi) is 6.92. The third kappa shape index (κ3) is 5.36. The van der Waals surface area contributed by atoms with Crippen LogP contribution >= 0.6 is 23.2 Å². The number of halogens is 5. The lowest BCUT2D eigenvalue weighted by Crippen LogP contribution is -2.41. The Hall–Kier alpha value is -3.29. The highest BCUT2D eigenvalue weighted by atomic mass is 35.5. The number of allylic oxidation sites excluding steroid dienone is 1. The number of rotatable bonds is 5. The first-order chi connectivity index (χ1) is 16.6. The molecular weight excluding hydrogens is 498 g/mol. The number of nitrogens with zero attached hydrogens (tertiary/aromatic N) is 2. The maximum Gasteiger partial charge on any atom is 0.416 e. The van der Waals surface area contributed by atoms with Crippen molar-refractivity contribution >= 4 is 40.6 Å². The summed E-state index contributed by atoms with van der Waals surface area (Å²) in [6, 6.07) is 20.2. The summed E-state index contributed by atoms with van der Waals surface area (Å²) in [5.74, 6) is 0. The smallest absolute Gasteiger partial charge is 0.306 e. The van der Waals surface area contributed by atoms with Crippen LogP contribution in [0.2, 0.25) is 5.02 Å². The monoisotopic (exact) mass is 517 g/mol. The van der Waals surface area contributed by atoms with Crippen molar-refractivity contribution in [1.29, 1.82) is 0 Å². The summed E-state index contributed by atoms with van der Waals surface area (Å²) >= 11 is 12.4. The topological polar surface area (TPSA) is 44.7 Å². The van der Waals surface area contributed by atoms with Crippen molar-refractivity contribution in [3.8, 4) is 0 Å². The fraction of sp³-hybridized carbons (Fsp3) is 0.154. The van der Waals surface area contributed by atoms with Gasteiger partial charge in [0.2, 0.25) is 0 Å². The number of benzene rings is 3. The minimum absolute atomic E-state index is 0.146. The first kappa shape index (κ1) is 24.8. The van der Waals surface area contributed by atoms with Gasteiger partial charge in [-0.05, 0) is 53.9 Å². The number of hydrogen-bond donors (Lipinski definition) is 1. The second kappa shape index (κ2) is 9.76. The van der Waals surface area contributed by atoms with E-state index >= 15 is 0 Å². The zero-order chi connectivity index (χ0) is 25.2. The fourth-order valence-corrected chi connectivity index (χ4v) is 4.48. The van der Waals surface area contributed by atoms with Crippen molar-refractivity contribution in [3.63, 3.8) is 0 Å². The van der Waals surface area contributed by atoms with Crippen LogP contribution in [-0.4, -0.2) is 23.3 Å². The number of nitrogens with one attached hydrogen (secondary N) is 1. The van der Waals surface area contributed by atoms with Crippen LogP contribution in [-0.2, 0) is 11.6 Å². The number of carbonyl (C=O) groups is 1. The van der Waals surface area contributed by atoms with Gasteiger partial charge in [-0.1, -0.05) is 72.2 Å². The largest absolute Gasteiger partial charge is 0.416 e. The number of anilines is 1. The van der Waals surface area contributed by atoms with E-state index in [1.54, 1.807) is 12.1 Å². The van der Waals surface area contributed by atoms with Crippen molar-refractivity contribution in [2.24, 2.45) is 5.10 Å². The van der Waals surface area contributed by atoms with E-state index in [1.807, 2.05) is 42.5 Å². The Morgan fingerprint density at radius 1 is 1.03 bits per heavy atom. The number of alkyl halides is 3. The first-order valence-corrected chi connectivity index (χ1v) is 11.3. The maximum absolute atomic E-state index is 13.1. The summed E-state index contributed by atoms with van der Waals surface area (Å²) in [6.07, 6.45) is -4.15. The molecule has 35 heavy (non-hydrogen) atoms. The van der Waals surface area contributed by atoms with Gasteiger partial charge < -0.3 is 5.32 Å². The predicted octanol–water partition coefficient (Wildman–Crippen LogP) is 7.69. The average Bonchev–Trinajstić information content (AvgIpc) is 3.20. The number of carbonyl (C=O) groups excluding carboxylic acids is 1. The van der Waals surface area contributed by atoms with E-state index in [4.69, 9.17) is 23.2 Å². The van der Waals surface area contributed by atoms with Gasteiger partial charge >= 0.3 is 12.2 Å². The van der Waals surface area contributed by atoms with Crippen LogP contribution in [0.4, 0.5) is 23.7 Å². The molecule has 180 valence electrons. The highest BCUT2D eigenvalue weighted by Crippen LogP contribution is 2.41. The number of hydrogen-bond acceptors (Lipinski definition) is 2. The van der Waals surface area contributed by atoms with Gasteiger partial charge in [-0.3, -0.25) is 0 Å². The van der Waals surface area contributed by atoms with Crippen LogP contribution in [0.15, 0.2) is 95.6 Å². The van der Waals surface area contributed by atoms with Crippen molar-refractivity contribution in [2.45, 2.75) is 18.0 Å². The molecule has 1 heterocycles. The van der Waals surface area contributed by atoms with Crippen LogP contribution < -0.4 is 5.32 Å². The molecule has 1 aliphatic heterocycles. The third-order valence-electron chi connectivity index (χ3n) is 5.73. The molecule has 3 aromatic rings. The standard InChI is InChI=1S/C26H20Cl2F3N3O/c1-17(27)15-25(19-5-3-2-4-6-19)16-34(33-23(25)18-7-11-21(28)12-8-18)24(35)32-22-13-9-20(10-14-22)26(29,30)31/h2-14H,1,15-16H2,(H,32,35). The molecule has 9 heteroatoms. The lowest BCUT2D eigenvalue weighted by Gasteiger charge is -2.31. The van der Waals surface area contributed by atoms with Crippen molar-refractivity contribution in [2.75, 3.05) is 11.9 Å². The normalized spacial score (nSPS) is 17.7. The molecule has 4 rings (SSSR count). The molecular formula is C26H20Cl2F3N3O. The highest BCUT2D eigenvalue weighted by Gasteiger charge is 2.46. The Labute approximate surface area is 210 Å². The summed E-state index contributed by atoms with van der Waals surface area (Å²) in [4.78, 5) is 13.1. The molecule has 0 aliphatic carbocycles. The van der Waals surface area contributed by atoms with Crippen LogP contribution in [0.3, 0.4) is 0 Å². The minimum Gasteiger partial charge on any atom is -0.306 e. The summed E-state index contributed by atoms with van der Waals surface area (Å²) in [7, 11) is 0. The van der Waals surface area contributed by atoms with E-state index in [9.17, 15) is 18.0 Å². The molecule has 0 spiro atoms. The second-order valence-electron chi connectivity index (χ2n) is 8.16. The Bertz CT molecular complexity index is 1260. The number of urea groups is 1. The number of amides is 2. The zero-order valence-corrected chi connectivity index (χ0v) is 19.8. The Balaban J connectivity index is 1.71. The van der Waals surface area contributed by atoms with E-state index in [2.05, 4.69) is 17.0 Å². The van der Waals surface area contributed by atoms with Gasteiger partial charge in [0.1, 0.15) is 0 Å². The van der Waals surface area contributed by atoms with Gasteiger partial charge in [-0.2, -0.15) is 18.3 Å². The van der Waals surface area contributed by atoms with E-state index < -0.39 is 23.2 Å². The lowest BCUT2D eigenvalue weighted by atomic mass is 9.72. The number of hydrazone groups is 1. The molecule has 0 bridgehead atoms.